The molecule has 4 aromatic rings. The van der Waals surface area contributed by atoms with Crippen LogP contribution < -0.4 is 10.6 Å². The van der Waals surface area contributed by atoms with Gasteiger partial charge in [-0.15, -0.1) is 0 Å². The van der Waals surface area contributed by atoms with Crippen LogP contribution in [0.4, 0.5) is 10.2 Å². The van der Waals surface area contributed by atoms with E-state index in [1.807, 2.05) is 18.7 Å². The molecule has 45 heavy (non-hydrogen) atoms. The minimum absolute atomic E-state index is 0.150. The molecule has 1 aromatic carbocycles. The predicted molar refractivity (Wildman–Crippen MR) is 168 cm³/mol. The Bertz CT molecular complexity index is 1960. The number of benzene rings is 1. The lowest BCUT2D eigenvalue weighted by Gasteiger charge is -2.44. The minimum Gasteiger partial charge on any atom is -0.349 e. The van der Waals surface area contributed by atoms with E-state index in [9.17, 15) is 14.9 Å². The van der Waals surface area contributed by atoms with Crippen molar-refractivity contribution in [2.45, 2.75) is 70.4 Å². The molecule has 228 valence electrons. The molecule has 3 fully saturated rings. The predicted octanol–water partition coefficient (Wildman–Crippen LogP) is 4.92. The third kappa shape index (κ3) is 4.85. The average molecular weight is 605 g/mol. The summed E-state index contributed by atoms with van der Waals surface area (Å²) in [5.74, 6) is 0.130. The maximum Gasteiger partial charge on any atom is 0.355 e. The first-order valence-corrected chi connectivity index (χ1v) is 15.4. The molecule has 4 heterocycles. The van der Waals surface area contributed by atoms with Crippen LogP contribution in [0.3, 0.4) is 0 Å². The number of aromatic nitrogens is 5. The highest BCUT2D eigenvalue weighted by Gasteiger charge is 2.38. The van der Waals surface area contributed by atoms with Gasteiger partial charge in [0.05, 0.1) is 33.7 Å². The van der Waals surface area contributed by atoms with E-state index in [0.29, 0.717) is 35.5 Å². The Morgan fingerprint density at radius 3 is 2.38 bits per heavy atom. The van der Waals surface area contributed by atoms with Crippen LogP contribution in [-0.2, 0) is 4.79 Å². The summed E-state index contributed by atoms with van der Waals surface area (Å²) >= 11 is 0. The number of carbonyl (C=O) groups excluding carboxylic acids is 1. The number of pyridine rings is 1. The Morgan fingerprint density at radius 1 is 1.07 bits per heavy atom. The van der Waals surface area contributed by atoms with Gasteiger partial charge in [-0.2, -0.15) is 10.2 Å². The van der Waals surface area contributed by atoms with Crippen LogP contribution in [-0.4, -0.2) is 60.5 Å². The molecule has 0 radical (unpaired) electrons. The summed E-state index contributed by atoms with van der Waals surface area (Å²) in [6.07, 6.45) is 6.71. The monoisotopic (exact) mass is 604 g/mol. The van der Waals surface area contributed by atoms with Crippen molar-refractivity contribution in [2.75, 3.05) is 18.0 Å². The zero-order chi connectivity index (χ0) is 31.6. The van der Waals surface area contributed by atoms with Gasteiger partial charge in [-0.3, -0.25) is 4.79 Å². The molecule has 0 N–H and O–H groups in total. The van der Waals surface area contributed by atoms with Crippen molar-refractivity contribution in [1.82, 2.24) is 29.4 Å². The molecule has 2 atom stereocenters. The smallest absolute Gasteiger partial charge is 0.349 e. The molecule has 1 aliphatic heterocycles. The molecule has 2 saturated carbocycles. The summed E-state index contributed by atoms with van der Waals surface area (Å²) in [6.45, 7) is 10.00. The van der Waals surface area contributed by atoms with Crippen molar-refractivity contribution in [3.05, 3.63) is 82.1 Å². The second-order valence-electron chi connectivity index (χ2n) is 12.4. The second kappa shape index (κ2) is 10.9. The number of aryl methyl sites for hydroxylation is 1. The number of piperazine rings is 1. The fourth-order valence-corrected chi connectivity index (χ4v) is 6.46. The van der Waals surface area contributed by atoms with E-state index in [1.54, 1.807) is 42.4 Å². The van der Waals surface area contributed by atoms with Gasteiger partial charge in [0, 0.05) is 42.6 Å². The lowest BCUT2D eigenvalue weighted by molar-refractivity contribution is -0.128. The topological polar surface area (TPSA) is 121 Å². The normalized spacial score (nSPS) is 19.9. The molecule has 3 aromatic heterocycles. The maximum atomic E-state index is 15.6. The first kappa shape index (κ1) is 28.8. The van der Waals surface area contributed by atoms with Gasteiger partial charge in [0.15, 0.2) is 5.65 Å². The molecule has 10 nitrogen and oxygen atoms in total. The van der Waals surface area contributed by atoms with Crippen molar-refractivity contribution in [3.8, 4) is 23.0 Å². The first-order chi connectivity index (χ1) is 21.7. The molecular weight excluding hydrogens is 571 g/mol. The molecule has 1 saturated heterocycles. The number of hydrogen-bond donors (Lipinski definition) is 0. The van der Waals surface area contributed by atoms with Crippen LogP contribution in [0.25, 0.3) is 28.0 Å². The number of anilines is 1. The van der Waals surface area contributed by atoms with Crippen LogP contribution >= 0.6 is 0 Å². The van der Waals surface area contributed by atoms with Gasteiger partial charge in [-0.1, -0.05) is 18.7 Å². The number of amides is 1. The Kier molecular flexibility index (Phi) is 6.95. The van der Waals surface area contributed by atoms with Crippen LogP contribution in [0.15, 0.2) is 48.0 Å². The van der Waals surface area contributed by atoms with E-state index in [4.69, 9.17) is 4.98 Å². The van der Waals surface area contributed by atoms with E-state index in [2.05, 4.69) is 27.6 Å². The largest absolute Gasteiger partial charge is 0.355 e. The lowest BCUT2D eigenvalue weighted by atomic mass is 10.0. The van der Waals surface area contributed by atoms with Crippen molar-refractivity contribution < 1.29 is 9.18 Å². The van der Waals surface area contributed by atoms with E-state index in [0.717, 1.165) is 37.1 Å². The van der Waals surface area contributed by atoms with E-state index in [1.165, 1.54) is 10.6 Å². The minimum atomic E-state index is -0.548. The van der Waals surface area contributed by atoms with Gasteiger partial charge >= 0.3 is 5.69 Å². The van der Waals surface area contributed by atoms with Crippen molar-refractivity contribution in [3.63, 3.8) is 0 Å². The standard InChI is InChI=1S/C34H33FN8O2/c1-5-26(44)41-15-20(4)42(16-19(41)3)32-25-13-23(14-36)28(24-8-6-7-18(2)27(24)35)39-33(25)43(34(45)40-32)31-29(21-9-10-21)37-17-38-30(31)22-11-12-22/h5-8,13,17,19-22H,1,9-12,15-16H2,2-4H3/t19-,20+/m1/s1. The Labute approximate surface area is 259 Å². The number of nitrogens with zero attached hydrogens (tertiary/aromatic N) is 8. The number of fused-ring (bicyclic) bond motifs is 1. The summed E-state index contributed by atoms with van der Waals surface area (Å²) in [5, 5.41) is 10.8. The number of carbonyl (C=O) groups is 1. The summed E-state index contributed by atoms with van der Waals surface area (Å²) < 4.78 is 17.1. The average Bonchev–Trinajstić information content (AvgIpc) is 3.96. The second-order valence-corrected chi connectivity index (χ2v) is 12.4. The highest BCUT2D eigenvalue weighted by molar-refractivity contribution is 5.93. The van der Waals surface area contributed by atoms with Crippen LogP contribution in [0.5, 0.6) is 0 Å². The highest BCUT2D eigenvalue weighted by Crippen LogP contribution is 2.47. The molecule has 0 unspecified atom stereocenters. The van der Waals surface area contributed by atoms with Gasteiger partial charge in [0.1, 0.15) is 24.0 Å². The summed E-state index contributed by atoms with van der Waals surface area (Å²) in [4.78, 5) is 49.5. The molecule has 1 amide bonds. The molecule has 7 rings (SSSR count). The lowest BCUT2D eigenvalue weighted by Crippen LogP contribution is -2.58. The Balaban J connectivity index is 1.53. The zero-order valence-corrected chi connectivity index (χ0v) is 25.5. The molecule has 3 aliphatic rings. The molecule has 0 spiro atoms. The number of hydrogen-bond acceptors (Lipinski definition) is 8. The zero-order valence-electron chi connectivity index (χ0n) is 25.5. The Hall–Kier alpha value is -4.98. The fourth-order valence-electron chi connectivity index (χ4n) is 6.46. The van der Waals surface area contributed by atoms with Gasteiger partial charge in [-0.05, 0) is 70.2 Å². The molecular formula is C34H33FN8O2. The summed E-state index contributed by atoms with van der Waals surface area (Å²) in [5.41, 5.74) is 2.81. The maximum absolute atomic E-state index is 15.6. The third-order valence-electron chi connectivity index (χ3n) is 9.16. The number of rotatable bonds is 6. The number of nitriles is 1. The van der Waals surface area contributed by atoms with Crippen molar-refractivity contribution in [1.29, 1.82) is 5.26 Å². The van der Waals surface area contributed by atoms with E-state index < -0.39 is 11.5 Å². The van der Waals surface area contributed by atoms with E-state index >= 15 is 4.39 Å². The van der Waals surface area contributed by atoms with E-state index in [-0.39, 0.29) is 52.3 Å². The molecule has 11 heteroatoms. The summed E-state index contributed by atoms with van der Waals surface area (Å²) in [7, 11) is 0. The van der Waals surface area contributed by atoms with Gasteiger partial charge in [-0.25, -0.2) is 28.7 Å². The van der Waals surface area contributed by atoms with Gasteiger partial charge < -0.3 is 9.80 Å². The fraction of sp³-hybridized carbons (Fsp3) is 0.382. The Morgan fingerprint density at radius 2 is 1.76 bits per heavy atom. The van der Waals surface area contributed by atoms with Crippen LogP contribution in [0.2, 0.25) is 0 Å². The molecule has 2 aliphatic carbocycles. The SMILES string of the molecule is C=CC(=O)N1C[C@H](C)N(c2nc(=O)n(-c3c(C4CC4)ncnc3C3CC3)c3nc(-c4cccc(C)c4F)c(C#N)cc23)C[C@H]1C. The quantitative estimate of drug-likeness (QED) is 0.284. The van der Waals surface area contributed by atoms with Crippen LogP contribution in [0.1, 0.15) is 73.9 Å². The first-order valence-electron chi connectivity index (χ1n) is 15.4. The summed E-state index contributed by atoms with van der Waals surface area (Å²) in [6, 6.07) is 8.45. The van der Waals surface area contributed by atoms with Crippen molar-refractivity contribution >= 4 is 22.8 Å². The van der Waals surface area contributed by atoms with Crippen LogP contribution in [0, 0.1) is 24.1 Å². The number of halogens is 1. The highest BCUT2D eigenvalue weighted by atomic mass is 19.1. The van der Waals surface area contributed by atoms with Gasteiger partial charge in [0.25, 0.3) is 0 Å². The molecule has 0 bridgehead atoms. The third-order valence-corrected chi connectivity index (χ3v) is 9.16. The van der Waals surface area contributed by atoms with Gasteiger partial charge in [0.2, 0.25) is 5.91 Å². The van der Waals surface area contributed by atoms with Crippen molar-refractivity contribution in [2.24, 2.45) is 0 Å².